The molecule has 0 fully saturated rings. The smallest absolute Gasteiger partial charge is 0.340 e. The van der Waals surface area contributed by atoms with Crippen LogP contribution in [-0.2, 0) is 9.53 Å². The van der Waals surface area contributed by atoms with Crippen molar-refractivity contribution in [3.8, 4) is 0 Å². The molecule has 0 saturated heterocycles. The van der Waals surface area contributed by atoms with Gasteiger partial charge in [0.25, 0.3) is 0 Å². The van der Waals surface area contributed by atoms with Crippen molar-refractivity contribution in [1.29, 1.82) is 0 Å². The Morgan fingerprint density at radius 1 is 1.39 bits per heavy atom. The minimum absolute atomic E-state index is 0.0540. The number of rotatable bonds is 5. The minimum Gasteiger partial charge on any atom is -0.461 e. The lowest BCUT2D eigenvalue weighted by Gasteiger charge is -2.09. The number of hydrogen-bond acceptors (Lipinski definition) is 4. The summed E-state index contributed by atoms with van der Waals surface area (Å²) in [7, 11) is 0. The molecule has 0 saturated carbocycles. The molecule has 0 spiro atoms. The molecule has 0 unspecified atom stereocenters. The molecule has 1 aromatic carbocycles. The average Bonchev–Trinajstić information content (AvgIpc) is 2.29. The zero-order chi connectivity index (χ0) is 13.5. The second kappa shape index (κ2) is 6.64. The van der Waals surface area contributed by atoms with Crippen molar-refractivity contribution in [3.05, 3.63) is 29.3 Å². The van der Waals surface area contributed by atoms with Gasteiger partial charge in [-0.2, -0.15) is 0 Å². The summed E-state index contributed by atoms with van der Waals surface area (Å²) >= 11 is 0. The predicted octanol–water partition coefficient (Wildman–Crippen LogP) is 1.26. The van der Waals surface area contributed by atoms with E-state index in [2.05, 4.69) is 5.32 Å². The fourth-order valence-electron chi connectivity index (χ4n) is 1.56. The molecular formula is C13H18N2O3. The van der Waals surface area contributed by atoms with E-state index in [1.54, 1.807) is 25.1 Å². The van der Waals surface area contributed by atoms with Crippen molar-refractivity contribution < 1.29 is 14.3 Å². The number of nitrogen functional groups attached to an aromatic ring is 1. The van der Waals surface area contributed by atoms with E-state index in [-0.39, 0.29) is 18.9 Å². The van der Waals surface area contributed by atoms with Crippen molar-refractivity contribution in [1.82, 2.24) is 5.32 Å². The summed E-state index contributed by atoms with van der Waals surface area (Å²) < 4.78 is 5.03. The standard InChI is InChI=1S/C13H18N2O3/c1-3-15-11(16)7-8-18-13(17)12-9(2)5-4-6-10(12)14/h4-6H,3,7-8,14H2,1-2H3,(H,15,16). The number of hydrogen-bond donors (Lipinski definition) is 2. The van der Waals surface area contributed by atoms with Gasteiger partial charge in [0.2, 0.25) is 5.91 Å². The third kappa shape index (κ3) is 3.76. The van der Waals surface area contributed by atoms with Crippen LogP contribution < -0.4 is 11.1 Å². The number of carbonyl (C=O) groups is 2. The van der Waals surface area contributed by atoms with E-state index in [0.717, 1.165) is 5.56 Å². The van der Waals surface area contributed by atoms with E-state index in [0.29, 0.717) is 17.8 Å². The Bertz CT molecular complexity index is 424. The lowest BCUT2D eigenvalue weighted by atomic mass is 10.1. The van der Waals surface area contributed by atoms with Crippen LogP contribution in [-0.4, -0.2) is 25.0 Å². The summed E-state index contributed by atoms with van der Waals surface area (Å²) in [6.07, 6.45) is 0.158. The molecule has 1 aromatic rings. The number of nitrogens with one attached hydrogen (secondary N) is 1. The zero-order valence-corrected chi connectivity index (χ0v) is 10.7. The van der Waals surface area contributed by atoms with Gasteiger partial charge < -0.3 is 15.8 Å². The Morgan fingerprint density at radius 3 is 2.72 bits per heavy atom. The number of anilines is 1. The molecule has 0 bridgehead atoms. The highest BCUT2D eigenvalue weighted by Crippen LogP contribution is 2.17. The lowest BCUT2D eigenvalue weighted by Crippen LogP contribution is -2.24. The summed E-state index contributed by atoms with van der Waals surface area (Å²) in [5.74, 6) is -0.627. The number of nitrogens with two attached hydrogens (primary N) is 1. The Hall–Kier alpha value is -2.04. The SMILES string of the molecule is CCNC(=O)CCOC(=O)c1c(C)cccc1N. The summed E-state index contributed by atoms with van der Waals surface area (Å²) in [4.78, 5) is 23.0. The first-order valence-electron chi connectivity index (χ1n) is 5.85. The van der Waals surface area contributed by atoms with Gasteiger partial charge in [0.05, 0.1) is 12.0 Å². The van der Waals surface area contributed by atoms with Crippen LogP contribution in [0.5, 0.6) is 0 Å². The fourth-order valence-corrected chi connectivity index (χ4v) is 1.56. The van der Waals surface area contributed by atoms with Crippen molar-refractivity contribution in [3.63, 3.8) is 0 Å². The Morgan fingerprint density at radius 2 is 2.11 bits per heavy atom. The summed E-state index contributed by atoms with van der Waals surface area (Å²) in [5.41, 5.74) is 7.24. The van der Waals surface area contributed by atoms with Gasteiger partial charge in [-0.25, -0.2) is 4.79 Å². The molecule has 5 nitrogen and oxygen atoms in total. The number of aryl methyl sites for hydroxylation is 1. The van der Waals surface area contributed by atoms with E-state index in [1.807, 2.05) is 6.92 Å². The van der Waals surface area contributed by atoms with Gasteiger partial charge in [0.15, 0.2) is 0 Å². The Labute approximate surface area is 106 Å². The molecule has 1 amide bonds. The molecule has 0 atom stereocenters. The van der Waals surface area contributed by atoms with E-state index >= 15 is 0 Å². The third-order valence-corrected chi connectivity index (χ3v) is 2.45. The molecule has 0 radical (unpaired) electrons. The molecule has 0 aliphatic rings. The Balaban J connectivity index is 2.53. The van der Waals surface area contributed by atoms with Crippen molar-refractivity contribution >= 4 is 17.6 Å². The van der Waals surface area contributed by atoms with Gasteiger partial charge in [-0.3, -0.25) is 4.79 Å². The maximum atomic E-state index is 11.8. The van der Waals surface area contributed by atoms with Crippen LogP contribution in [0.15, 0.2) is 18.2 Å². The largest absolute Gasteiger partial charge is 0.461 e. The molecule has 3 N–H and O–H groups in total. The van der Waals surface area contributed by atoms with E-state index < -0.39 is 5.97 Å². The average molecular weight is 250 g/mol. The molecule has 98 valence electrons. The van der Waals surface area contributed by atoms with Gasteiger partial charge in [0.1, 0.15) is 6.61 Å². The summed E-state index contributed by atoms with van der Waals surface area (Å²) in [6.45, 7) is 4.24. The molecule has 18 heavy (non-hydrogen) atoms. The molecule has 1 rings (SSSR count). The summed E-state index contributed by atoms with van der Waals surface area (Å²) in [5, 5.41) is 2.63. The van der Waals surface area contributed by atoms with Crippen LogP contribution >= 0.6 is 0 Å². The highest BCUT2D eigenvalue weighted by Gasteiger charge is 2.14. The fraction of sp³-hybridized carbons (Fsp3) is 0.385. The highest BCUT2D eigenvalue weighted by molar-refractivity contribution is 5.96. The maximum Gasteiger partial charge on any atom is 0.340 e. The molecule has 0 heterocycles. The van der Waals surface area contributed by atoms with Crippen LogP contribution in [0.3, 0.4) is 0 Å². The second-order valence-corrected chi connectivity index (χ2v) is 3.88. The maximum absolute atomic E-state index is 11.8. The molecule has 5 heteroatoms. The minimum atomic E-state index is -0.491. The van der Waals surface area contributed by atoms with Crippen LogP contribution in [0.4, 0.5) is 5.69 Å². The highest BCUT2D eigenvalue weighted by atomic mass is 16.5. The molecule has 0 aliphatic heterocycles. The third-order valence-electron chi connectivity index (χ3n) is 2.45. The van der Waals surface area contributed by atoms with Gasteiger partial charge in [-0.1, -0.05) is 12.1 Å². The lowest BCUT2D eigenvalue weighted by molar-refractivity contribution is -0.121. The first kappa shape index (κ1) is 14.0. The number of carbonyl (C=O) groups excluding carboxylic acids is 2. The van der Waals surface area contributed by atoms with Crippen LogP contribution in [0, 0.1) is 6.92 Å². The van der Waals surface area contributed by atoms with E-state index in [9.17, 15) is 9.59 Å². The van der Waals surface area contributed by atoms with Crippen molar-refractivity contribution in [2.24, 2.45) is 0 Å². The van der Waals surface area contributed by atoms with Gasteiger partial charge in [-0.15, -0.1) is 0 Å². The van der Waals surface area contributed by atoms with E-state index in [1.165, 1.54) is 0 Å². The van der Waals surface area contributed by atoms with Gasteiger partial charge in [0, 0.05) is 12.2 Å². The van der Waals surface area contributed by atoms with Crippen LogP contribution in [0.25, 0.3) is 0 Å². The van der Waals surface area contributed by atoms with Gasteiger partial charge >= 0.3 is 5.97 Å². The van der Waals surface area contributed by atoms with Crippen LogP contribution in [0.2, 0.25) is 0 Å². The number of benzene rings is 1. The van der Waals surface area contributed by atoms with E-state index in [4.69, 9.17) is 10.5 Å². The van der Waals surface area contributed by atoms with Crippen molar-refractivity contribution in [2.45, 2.75) is 20.3 Å². The van der Waals surface area contributed by atoms with Crippen molar-refractivity contribution in [2.75, 3.05) is 18.9 Å². The first-order chi connectivity index (χ1) is 8.56. The predicted molar refractivity (Wildman–Crippen MR) is 69.2 cm³/mol. The first-order valence-corrected chi connectivity index (χ1v) is 5.85. The topological polar surface area (TPSA) is 81.4 Å². The number of ether oxygens (including phenoxy) is 1. The molecule has 0 aliphatic carbocycles. The Kier molecular flexibility index (Phi) is 5.17. The zero-order valence-electron chi connectivity index (χ0n) is 10.7. The number of amides is 1. The molecule has 0 aromatic heterocycles. The summed E-state index contributed by atoms with van der Waals surface area (Å²) in [6, 6.07) is 5.21. The quantitative estimate of drug-likeness (QED) is 0.609. The second-order valence-electron chi connectivity index (χ2n) is 3.88. The van der Waals surface area contributed by atoms with Crippen LogP contribution in [0.1, 0.15) is 29.3 Å². The molecular weight excluding hydrogens is 232 g/mol. The number of esters is 1. The normalized spacial score (nSPS) is 9.89. The van der Waals surface area contributed by atoms with Gasteiger partial charge in [-0.05, 0) is 25.5 Å². The monoisotopic (exact) mass is 250 g/mol.